The Morgan fingerprint density at radius 1 is 1.02 bits per heavy atom. The number of benzene rings is 2. The maximum absolute atomic E-state index is 14.7. The van der Waals surface area contributed by atoms with Crippen molar-refractivity contribution in [3.05, 3.63) is 88.0 Å². The van der Waals surface area contributed by atoms with Gasteiger partial charge >= 0.3 is 0 Å². The summed E-state index contributed by atoms with van der Waals surface area (Å²) in [6, 6.07) is 9.67. The van der Waals surface area contributed by atoms with Crippen molar-refractivity contribution in [2.75, 3.05) is 13.2 Å². The van der Waals surface area contributed by atoms with Crippen LogP contribution in [-0.4, -0.2) is 86.4 Å². The largest absolute Gasteiger partial charge is 0.493 e. The lowest BCUT2D eigenvalue weighted by Crippen LogP contribution is -2.58. The number of amides is 3. The average molecular weight is 778 g/mol. The predicted octanol–water partition coefficient (Wildman–Crippen LogP) is 2.43. The number of ether oxygens (including phenoxy) is 1. The second-order valence-electron chi connectivity index (χ2n) is 15.2. The Bertz CT molecular complexity index is 1770. The standard InChI is InChI=1S/C40H53N7O8.H2O/c1-24(2)20-43-40(52)36(41)38(50)31(15-25-9-5-3-6-10-25)37(49)32(18-28-21-42-23-44-28)46-39(51)33(16-26-11-7-4-8-12-26)45-35(48)17-27-22-55-34-14-13-29(47(53)54)19-30(27)34;/h4,7-8,11-14,19,21,23-25,27,31-33,36,38,50H,3,5-6,9-10,15-18,20,22,41H2,1-2H3,(H,42,44)(H,43,52)(H,45,48)(H,46,51);1H2/t27?,31-,32+,33+,36?,38+;/m1./s1. The van der Waals surface area contributed by atoms with Crippen molar-refractivity contribution in [1.29, 1.82) is 0 Å². The molecule has 5 rings (SSSR count). The lowest BCUT2D eigenvalue weighted by atomic mass is 9.76. The van der Waals surface area contributed by atoms with E-state index in [4.69, 9.17) is 10.5 Å². The van der Waals surface area contributed by atoms with E-state index in [1.165, 1.54) is 24.5 Å². The molecule has 1 aliphatic carbocycles. The van der Waals surface area contributed by atoms with Gasteiger partial charge in [-0.3, -0.25) is 29.3 Å². The highest BCUT2D eigenvalue weighted by Crippen LogP contribution is 2.38. The van der Waals surface area contributed by atoms with Gasteiger partial charge in [0.15, 0.2) is 5.78 Å². The van der Waals surface area contributed by atoms with E-state index < -0.39 is 64.5 Å². The highest BCUT2D eigenvalue weighted by molar-refractivity contribution is 5.95. The third-order valence-electron chi connectivity index (χ3n) is 10.5. The molecule has 9 N–H and O–H groups in total. The summed E-state index contributed by atoms with van der Waals surface area (Å²) >= 11 is 0. The van der Waals surface area contributed by atoms with E-state index in [2.05, 4.69) is 25.9 Å². The molecule has 3 amide bonds. The molecule has 1 aliphatic heterocycles. The summed E-state index contributed by atoms with van der Waals surface area (Å²) in [5, 5.41) is 31.6. The molecule has 56 heavy (non-hydrogen) atoms. The Hall–Kier alpha value is -5.19. The SMILES string of the molecule is CC(C)CNC(=O)C(N)[C@@H](O)[C@H](CC1CCCCC1)C(=O)[C@H](Cc1c[nH]cn1)NC(=O)[C@H](Cc1ccccc1)NC(=O)CC1COc2ccc([N+](=O)[O-])cc21.O. The van der Waals surface area contributed by atoms with Gasteiger partial charge in [-0.1, -0.05) is 76.3 Å². The molecule has 304 valence electrons. The van der Waals surface area contributed by atoms with E-state index in [1.54, 1.807) is 6.20 Å². The van der Waals surface area contributed by atoms with Gasteiger partial charge in [0.25, 0.3) is 5.69 Å². The number of H-pyrrole nitrogens is 1. The number of carbonyl (C=O) groups is 4. The fourth-order valence-corrected chi connectivity index (χ4v) is 7.48. The molecule has 0 bridgehead atoms. The van der Waals surface area contributed by atoms with E-state index in [0.717, 1.165) is 37.7 Å². The number of nitrogens with zero attached hydrogens (tertiary/aromatic N) is 2. The zero-order valence-corrected chi connectivity index (χ0v) is 31.9. The second kappa shape index (κ2) is 20.6. The Labute approximate surface area is 326 Å². The van der Waals surface area contributed by atoms with Crippen molar-refractivity contribution in [2.45, 2.75) is 102 Å². The number of carbonyl (C=O) groups excluding carboxylic acids is 4. The first-order valence-electron chi connectivity index (χ1n) is 19.2. The van der Waals surface area contributed by atoms with Gasteiger partial charge in [-0.25, -0.2) is 4.98 Å². The molecule has 2 heterocycles. The Morgan fingerprint density at radius 3 is 2.41 bits per heavy atom. The molecule has 3 aromatic rings. The smallest absolute Gasteiger partial charge is 0.269 e. The summed E-state index contributed by atoms with van der Waals surface area (Å²) < 4.78 is 5.69. The number of fused-ring (bicyclic) bond motifs is 1. The molecule has 0 saturated heterocycles. The molecule has 1 fully saturated rings. The normalized spacial score (nSPS) is 17.9. The maximum atomic E-state index is 14.7. The van der Waals surface area contributed by atoms with Crippen LogP contribution < -0.4 is 26.4 Å². The predicted molar refractivity (Wildman–Crippen MR) is 207 cm³/mol. The highest BCUT2D eigenvalue weighted by atomic mass is 16.6. The van der Waals surface area contributed by atoms with Gasteiger partial charge in [0, 0.05) is 61.5 Å². The van der Waals surface area contributed by atoms with E-state index in [9.17, 15) is 34.4 Å². The number of non-ortho nitro benzene ring substituents is 1. The second-order valence-corrected chi connectivity index (χ2v) is 15.2. The summed E-state index contributed by atoms with van der Waals surface area (Å²) in [6.45, 7) is 4.36. The molecule has 1 aromatic heterocycles. The third-order valence-corrected chi connectivity index (χ3v) is 10.5. The Balaban J connectivity index is 0.00000696. The fourth-order valence-electron chi connectivity index (χ4n) is 7.48. The molecule has 16 heteroatoms. The van der Waals surface area contributed by atoms with Crippen molar-refractivity contribution in [3.63, 3.8) is 0 Å². The van der Waals surface area contributed by atoms with E-state index in [1.807, 2.05) is 44.2 Å². The van der Waals surface area contributed by atoms with Crippen LogP contribution in [0.3, 0.4) is 0 Å². The number of nitrogens with two attached hydrogens (primary N) is 1. The number of aromatic amines is 1. The molecule has 2 aliphatic rings. The lowest BCUT2D eigenvalue weighted by Gasteiger charge is -2.33. The lowest BCUT2D eigenvalue weighted by molar-refractivity contribution is -0.384. The molecule has 6 atom stereocenters. The number of rotatable bonds is 19. The van der Waals surface area contributed by atoms with Crippen LogP contribution in [-0.2, 0) is 32.0 Å². The van der Waals surface area contributed by atoms with Crippen molar-refractivity contribution in [3.8, 4) is 5.75 Å². The Kier molecular flexibility index (Phi) is 16.1. The van der Waals surface area contributed by atoms with Gasteiger partial charge in [0.2, 0.25) is 17.7 Å². The molecule has 0 radical (unpaired) electrons. The van der Waals surface area contributed by atoms with Crippen LogP contribution in [0.25, 0.3) is 0 Å². The van der Waals surface area contributed by atoms with Crippen LogP contribution in [0.5, 0.6) is 5.75 Å². The molecule has 16 nitrogen and oxygen atoms in total. The number of nitro groups is 1. The topological polar surface area (TPSA) is 263 Å². The number of hydrogen-bond donors (Lipinski definition) is 6. The van der Waals surface area contributed by atoms with E-state index >= 15 is 0 Å². The molecule has 1 saturated carbocycles. The number of hydrogen-bond acceptors (Lipinski definition) is 10. The number of Topliss-reactive ketones (excluding diaryl/α,β-unsaturated/α-hetero) is 1. The first-order valence-corrected chi connectivity index (χ1v) is 19.2. The summed E-state index contributed by atoms with van der Waals surface area (Å²) in [5.41, 5.74) is 7.99. The molecule has 2 aromatic carbocycles. The van der Waals surface area contributed by atoms with Crippen LogP contribution in [0.1, 0.15) is 81.5 Å². The quantitative estimate of drug-likeness (QED) is 0.0765. The van der Waals surface area contributed by atoms with Crippen molar-refractivity contribution in [2.24, 2.45) is 23.5 Å². The number of aromatic nitrogens is 2. The number of imidazole rings is 1. The minimum absolute atomic E-state index is 0. The van der Waals surface area contributed by atoms with Crippen LogP contribution in [0, 0.1) is 27.9 Å². The van der Waals surface area contributed by atoms with E-state index in [-0.39, 0.29) is 48.9 Å². The summed E-state index contributed by atoms with van der Waals surface area (Å²) in [4.78, 5) is 73.7. The van der Waals surface area contributed by atoms with Gasteiger partial charge < -0.3 is 42.0 Å². The number of nitrogens with one attached hydrogen (secondary N) is 4. The van der Waals surface area contributed by atoms with E-state index in [0.29, 0.717) is 30.0 Å². The molecular weight excluding hydrogens is 722 g/mol. The molecular formula is C40H55N7O9. The first-order chi connectivity index (χ1) is 26.4. The summed E-state index contributed by atoms with van der Waals surface area (Å²) in [6.07, 6.45) is 6.64. The number of nitro benzene ring substituents is 1. The fraction of sp³-hybridized carbons (Fsp3) is 0.525. The first kappa shape index (κ1) is 43.5. The minimum Gasteiger partial charge on any atom is -0.493 e. The number of aliphatic hydroxyl groups is 1. The Morgan fingerprint density at radius 2 is 1.75 bits per heavy atom. The molecule has 2 unspecified atom stereocenters. The van der Waals surface area contributed by atoms with Crippen molar-refractivity contribution >= 4 is 29.2 Å². The van der Waals surface area contributed by atoms with Crippen LogP contribution in [0.2, 0.25) is 0 Å². The van der Waals surface area contributed by atoms with Gasteiger partial charge in [0.1, 0.15) is 17.8 Å². The number of ketones is 1. The zero-order chi connectivity index (χ0) is 39.5. The summed E-state index contributed by atoms with van der Waals surface area (Å²) in [7, 11) is 0. The van der Waals surface area contributed by atoms with Crippen molar-refractivity contribution < 1.29 is 39.4 Å². The van der Waals surface area contributed by atoms with Crippen LogP contribution in [0.4, 0.5) is 5.69 Å². The zero-order valence-electron chi connectivity index (χ0n) is 31.9. The average Bonchev–Trinajstić information content (AvgIpc) is 3.85. The third kappa shape index (κ3) is 11.9. The highest BCUT2D eigenvalue weighted by Gasteiger charge is 2.41. The van der Waals surface area contributed by atoms with Gasteiger partial charge in [0.05, 0.1) is 35.7 Å². The van der Waals surface area contributed by atoms with Gasteiger partial charge in [-0.15, -0.1) is 0 Å². The maximum Gasteiger partial charge on any atom is 0.269 e. The van der Waals surface area contributed by atoms with Crippen molar-refractivity contribution in [1.82, 2.24) is 25.9 Å². The minimum atomic E-state index is -1.52. The van der Waals surface area contributed by atoms with Crippen LogP contribution in [0.15, 0.2) is 61.1 Å². The summed E-state index contributed by atoms with van der Waals surface area (Å²) in [5.74, 6) is -2.97. The monoisotopic (exact) mass is 777 g/mol. The number of aliphatic hydroxyl groups excluding tert-OH is 1. The van der Waals surface area contributed by atoms with Crippen LogP contribution >= 0.6 is 0 Å². The van der Waals surface area contributed by atoms with Gasteiger partial charge in [-0.05, 0) is 29.9 Å². The molecule has 0 spiro atoms. The van der Waals surface area contributed by atoms with Gasteiger partial charge in [-0.2, -0.15) is 0 Å².